The number of methoxy groups -OCH3 is 1. The molecule has 180 valence electrons. The number of hydrogen-bond acceptors (Lipinski definition) is 6. The summed E-state index contributed by atoms with van der Waals surface area (Å²) in [6, 6.07) is 15.9. The molecule has 11 heteroatoms. The zero-order valence-corrected chi connectivity index (χ0v) is 21.3. The second-order valence-corrected chi connectivity index (χ2v) is 8.67. The van der Waals surface area contributed by atoms with Gasteiger partial charge in [-0.3, -0.25) is 9.59 Å². The van der Waals surface area contributed by atoms with Crippen molar-refractivity contribution in [1.82, 2.24) is 10.7 Å². The molecule has 0 atom stereocenters. The van der Waals surface area contributed by atoms with E-state index >= 15 is 0 Å². The Morgan fingerprint density at radius 2 is 1.83 bits per heavy atom. The molecule has 0 saturated heterocycles. The third-order valence-electron chi connectivity index (χ3n) is 4.44. The Balaban J connectivity index is 1.56. The predicted molar refractivity (Wildman–Crippen MR) is 137 cm³/mol. The van der Waals surface area contributed by atoms with E-state index in [1.165, 1.54) is 37.6 Å². The number of nitrogens with one attached hydrogen (secondary N) is 2. The minimum absolute atomic E-state index is 0.151. The van der Waals surface area contributed by atoms with Gasteiger partial charge in [-0.15, -0.1) is 0 Å². The first-order chi connectivity index (χ1) is 16.8. The number of amides is 2. The van der Waals surface area contributed by atoms with Crippen LogP contribution < -0.4 is 20.2 Å². The van der Waals surface area contributed by atoms with E-state index < -0.39 is 11.9 Å². The second kappa shape index (κ2) is 12.3. The summed E-state index contributed by atoms with van der Waals surface area (Å²) in [4.78, 5) is 36.5. The fourth-order valence-corrected chi connectivity index (χ4v) is 3.65. The Morgan fingerprint density at radius 3 is 2.54 bits per heavy atom. The third kappa shape index (κ3) is 7.54. The van der Waals surface area contributed by atoms with Crippen molar-refractivity contribution >= 4 is 63.1 Å². The van der Waals surface area contributed by atoms with E-state index in [2.05, 4.69) is 31.8 Å². The third-order valence-corrected chi connectivity index (χ3v) is 5.48. The molecule has 0 aliphatic rings. The Bertz CT molecular complexity index is 1300. The number of hydrogen-bond donors (Lipinski definition) is 2. The first-order valence-corrected chi connectivity index (χ1v) is 11.5. The summed E-state index contributed by atoms with van der Waals surface area (Å²) in [5, 5.41) is 6.93. The topological polar surface area (TPSA) is 106 Å². The van der Waals surface area contributed by atoms with E-state index in [1.54, 1.807) is 36.4 Å². The van der Waals surface area contributed by atoms with Crippen LogP contribution in [-0.4, -0.2) is 37.7 Å². The number of halogens is 3. The number of rotatable bonds is 8. The maximum absolute atomic E-state index is 12.5. The maximum atomic E-state index is 12.5. The van der Waals surface area contributed by atoms with Gasteiger partial charge in [0.15, 0.2) is 11.5 Å². The molecule has 0 radical (unpaired) electrons. The summed E-state index contributed by atoms with van der Waals surface area (Å²) in [6.07, 6.45) is 1.37. The molecule has 3 aromatic rings. The summed E-state index contributed by atoms with van der Waals surface area (Å²) in [6.45, 7) is -0.256. The lowest BCUT2D eigenvalue weighted by Crippen LogP contribution is -2.34. The van der Waals surface area contributed by atoms with Gasteiger partial charge in [0.1, 0.15) is 0 Å². The lowest BCUT2D eigenvalue weighted by atomic mass is 10.2. The average molecular weight is 579 g/mol. The van der Waals surface area contributed by atoms with E-state index in [4.69, 9.17) is 32.7 Å². The van der Waals surface area contributed by atoms with Gasteiger partial charge in [-0.1, -0.05) is 45.2 Å². The van der Waals surface area contributed by atoms with Crippen LogP contribution in [0.2, 0.25) is 10.0 Å². The molecule has 0 unspecified atom stereocenters. The number of ether oxygens (including phenoxy) is 2. The summed E-state index contributed by atoms with van der Waals surface area (Å²) in [5.74, 6) is -1.15. The summed E-state index contributed by atoms with van der Waals surface area (Å²) >= 11 is 15.2. The predicted octanol–water partition coefficient (Wildman–Crippen LogP) is 4.86. The lowest BCUT2D eigenvalue weighted by Gasteiger charge is -2.10. The van der Waals surface area contributed by atoms with Crippen molar-refractivity contribution in [2.24, 2.45) is 5.10 Å². The molecule has 0 aliphatic carbocycles. The van der Waals surface area contributed by atoms with Crippen molar-refractivity contribution in [2.45, 2.75) is 0 Å². The van der Waals surface area contributed by atoms with Gasteiger partial charge in [0.2, 0.25) is 0 Å². The summed E-state index contributed by atoms with van der Waals surface area (Å²) < 4.78 is 11.4. The quantitative estimate of drug-likeness (QED) is 0.172. The van der Waals surface area contributed by atoms with Gasteiger partial charge in [0, 0.05) is 15.1 Å². The molecule has 3 aromatic carbocycles. The molecule has 35 heavy (non-hydrogen) atoms. The van der Waals surface area contributed by atoms with Crippen molar-refractivity contribution in [1.29, 1.82) is 0 Å². The Hall–Kier alpha value is -3.40. The van der Waals surface area contributed by atoms with Crippen molar-refractivity contribution < 1.29 is 23.9 Å². The van der Waals surface area contributed by atoms with Gasteiger partial charge in [0.25, 0.3) is 11.8 Å². The van der Waals surface area contributed by atoms with Crippen LogP contribution in [0.3, 0.4) is 0 Å². The zero-order valence-electron chi connectivity index (χ0n) is 18.2. The standard InChI is InChI=1S/C24H18BrCl2N3O5/c1-34-21-9-14(5-8-20(21)35-24(33)18-7-6-17(26)11-19(18)27)12-29-30-22(31)13-28-23(32)15-3-2-4-16(25)10-15/h2-12H,13H2,1H3,(H,28,32)(H,30,31)/b29-12-. The maximum Gasteiger partial charge on any atom is 0.345 e. The number of esters is 1. The monoisotopic (exact) mass is 577 g/mol. The van der Waals surface area contributed by atoms with Crippen LogP contribution in [0.15, 0.2) is 70.2 Å². The number of nitrogens with zero attached hydrogens (tertiary/aromatic N) is 1. The zero-order chi connectivity index (χ0) is 25.4. The van der Waals surface area contributed by atoms with Gasteiger partial charge < -0.3 is 14.8 Å². The Labute approximate surface area is 219 Å². The van der Waals surface area contributed by atoms with E-state index in [9.17, 15) is 14.4 Å². The largest absolute Gasteiger partial charge is 0.493 e. The highest BCUT2D eigenvalue weighted by Crippen LogP contribution is 2.30. The molecule has 2 N–H and O–H groups in total. The van der Waals surface area contributed by atoms with E-state index in [1.807, 2.05) is 0 Å². The van der Waals surface area contributed by atoms with Crippen LogP contribution in [-0.2, 0) is 4.79 Å². The summed E-state index contributed by atoms with van der Waals surface area (Å²) in [5.41, 5.74) is 3.45. The first kappa shape index (κ1) is 26.2. The van der Waals surface area contributed by atoms with Gasteiger partial charge in [0.05, 0.1) is 30.5 Å². The van der Waals surface area contributed by atoms with Crippen LogP contribution in [0.5, 0.6) is 11.5 Å². The van der Waals surface area contributed by atoms with Crippen molar-refractivity contribution in [3.63, 3.8) is 0 Å². The first-order valence-electron chi connectivity index (χ1n) is 9.97. The van der Waals surface area contributed by atoms with Crippen molar-refractivity contribution in [3.8, 4) is 11.5 Å². The van der Waals surface area contributed by atoms with E-state index in [0.717, 1.165) is 4.47 Å². The molecule has 0 heterocycles. The molecular weight excluding hydrogens is 561 g/mol. The molecule has 0 fully saturated rings. The number of carbonyl (C=O) groups excluding carboxylic acids is 3. The van der Waals surface area contributed by atoms with Crippen molar-refractivity contribution in [3.05, 3.63) is 91.9 Å². The van der Waals surface area contributed by atoms with Gasteiger partial charge in [-0.25, -0.2) is 10.2 Å². The second-order valence-electron chi connectivity index (χ2n) is 6.91. The van der Waals surface area contributed by atoms with Crippen LogP contribution in [0, 0.1) is 0 Å². The van der Waals surface area contributed by atoms with Crippen LogP contribution in [0.4, 0.5) is 0 Å². The molecule has 2 amide bonds. The van der Waals surface area contributed by atoms with Gasteiger partial charge >= 0.3 is 5.97 Å². The minimum Gasteiger partial charge on any atom is -0.493 e. The van der Waals surface area contributed by atoms with Crippen LogP contribution >= 0.6 is 39.1 Å². The molecule has 3 rings (SSSR count). The van der Waals surface area contributed by atoms with E-state index in [0.29, 0.717) is 16.1 Å². The molecule has 0 aliphatic heterocycles. The van der Waals surface area contributed by atoms with E-state index in [-0.39, 0.29) is 34.5 Å². The fourth-order valence-electron chi connectivity index (χ4n) is 2.77. The van der Waals surface area contributed by atoms with Crippen molar-refractivity contribution in [2.75, 3.05) is 13.7 Å². The van der Waals surface area contributed by atoms with Crippen LogP contribution in [0.25, 0.3) is 0 Å². The number of hydrazone groups is 1. The molecule has 0 spiro atoms. The molecule has 0 aromatic heterocycles. The van der Waals surface area contributed by atoms with Crippen LogP contribution in [0.1, 0.15) is 26.3 Å². The molecule has 8 nitrogen and oxygen atoms in total. The fraction of sp³-hybridized carbons (Fsp3) is 0.0833. The van der Waals surface area contributed by atoms with Gasteiger partial charge in [-0.05, 0) is 60.2 Å². The average Bonchev–Trinajstić information content (AvgIpc) is 2.83. The highest BCUT2D eigenvalue weighted by Gasteiger charge is 2.16. The Kier molecular flexibility index (Phi) is 9.25. The highest BCUT2D eigenvalue weighted by molar-refractivity contribution is 9.10. The smallest absolute Gasteiger partial charge is 0.345 e. The molecule has 0 bridgehead atoms. The molecule has 0 saturated carbocycles. The normalized spacial score (nSPS) is 10.6. The van der Waals surface area contributed by atoms with Gasteiger partial charge in [-0.2, -0.15) is 5.10 Å². The minimum atomic E-state index is -0.677. The highest BCUT2D eigenvalue weighted by atomic mass is 79.9. The molecular formula is C24H18BrCl2N3O5. The Morgan fingerprint density at radius 1 is 1.03 bits per heavy atom. The summed E-state index contributed by atoms with van der Waals surface area (Å²) in [7, 11) is 1.42. The number of carbonyl (C=O) groups is 3. The number of benzene rings is 3. The lowest BCUT2D eigenvalue weighted by molar-refractivity contribution is -0.120. The SMILES string of the molecule is COc1cc(/C=N\NC(=O)CNC(=O)c2cccc(Br)c2)ccc1OC(=O)c1ccc(Cl)cc1Cl.